The molecule has 0 aliphatic rings. The van der Waals surface area contributed by atoms with Crippen LogP contribution in [-0.2, 0) is 73.5 Å². The van der Waals surface area contributed by atoms with Crippen molar-refractivity contribution in [3.63, 3.8) is 0 Å². The lowest BCUT2D eigenvalue weighted by Gasteiger charge is -2.20. The fraction of sp³-hybridized carbons (Fsp3) is 0.300. The van der Waals surface area contributed by atoms with Crippen LogP contribution in [0.5, 0.6) is 0 Å². The highest BCUT2D eigenvalue weighted by Crippen LogP contribution is 2.42. The van der Waals surface area contributed by atoms with E-state index in [1.165, 1.54) is 101 Å². The van der Waals surface area contributed by atoms with E-state index in [-0.39, 0.29) is 11.5 Å². The van der Waals surface area contributed by atoms with Crippen LogP contribution in [-0.4, -0.2) is 81.0 Å². The standard InChI is InChI=1S/C34H28P2.C26H24P2.4C2H6O3S.6C2H6/c1-3-13-29(14-4-1)35-23-27-21-19-25-11-7-9-17-31(25)33(27)34-28(24-36-30-15-5-2-6-16-30)22-20-26-12-8-10-18-32(26)34;1-3-13-23(14-4-1)27-19-21-11-7-9-17-25(21)26-18-10-8-12-22(26)20-28-24-15-5-2-6-16-24;2*1-5-6(2,3)4;2*1-2-6(3,4)5;6*1-2/h1-22,35-36H,23-24H2;1-18,27-28H,19-20H2;2*1-2H3;2*2H2,1H3,(H,3,4,5);6*1-2H3. The molecule has 100 heavy (non-hydrogen) atoms. The number of hydrogen-bond donors (Lipinski definition) is 2. The molecule has 10 rings (SSSR count). The van der Waals surface area contributed by atoms with Gasteiger partial charge in [-0.25, -0.2) is 0 Å². The molecule has 0 aromatic heterocycles. The second kappa shape index (κ2) is 56.6. The zero-order valence-electron chi connectivity index (χ0n) is 61.9. The number of rotatable bonds is 18. The molecule has 4 unspecified atom stereocenters. The molecule has 0 spiro atoms. The number of hydrogen-bond acceptors (Lipinski definition) is 10. The van der Waals surface area contributed by atoms with Crippen LogP contribution in [0.2, 0.25) is 0 Å². The Labute approximate surface area is 611 Å². The third kappa shape index (κ3) is 41.2. The fourth-order valence-electron chi connectivity index (χ4n) is 8.41. The van der Waals surface area contributed by atoms with Gasteiger partial charge in [0, 0.05) is 0 Å². The van der Waals surface area contributed by atoms with Crippen LogP contribution in [0, 0.1) is 0 Å². The van der Waals surface area contributed by atoms with E-state index >= 15 is 0 Å². The van der Waals surface area contributed by atoms with Gasteiger partial charge in [-0.15, -0.1) is 0 Å². The van der Waals surface area contributed by atoms with Crippen molar-refractivity contribution < 1.29 is 51.1 Å². The summed E-state index contributed by atoms with van der Waals surface area (Å²) in [6, 6.07) is 88.4. The molecule has 0 bridgehead atoms. The zero-order valence-corrected chi connectivity index (χ0v) is 69.2. The van der Waals surface area contributed by atoms with E-state index in [9.17, 15) is 33.7 Å². The summed E-state index contributed by atoms with van der Waals surface area (Å²) in [5.74, 6) is -0.403. The molecule has 10 aromatic rings. The second-order valence-electron chi connectivity index (χ2n) is 19.3. The first-order valence-corrected chi connectivity index (χ1v) is 45.4. The summed E-state index contributed by atoms with van der Waals surface area (Å²) >= 11 is 0. The molecule has 0 radical (unpaired) electrons. The molecule has 0 aliphatic heterocycles. The minimum atomic E-state index is -3.66. The third-order valence-corrected chi connectivity index (χ3v) is 20.8. The van der Waals surface area contributed by atoms with Crippen LogP contribution in [0.4, 0.5) is 0 Å². The quantitative estimate of drug-likeness (QED) is 0.0469. The van der Waals surface area contributed by atoms with Crippen LogP contribution < -0.4 is 21.2 Å². The van der Waals surface area contributed by atoms with Gasteiger partial charge >= 0.3 is 0 Å². The van der Waals surface area contributed by atoms with Crippen molar-refractivity contribution in [3.8, 4) is 22.3 Å². The average molecular weight is 1520 g/mol. The maximum Gasteiger partial charge on any atom is 0.264 e. The highest BCUT2D eigenvalue weighted by atomic mass is 32.2. The van der Waals surface area contributed by atoms with Crippen molar-refractivity contribution in [1.82, 2.24) is 0 Å². The van der Waals surface area contributed by atoms with Crippen LogP contribution in [0.15, 0.2) is 243 Å². The lowest BCUT2D eigenvalue weighted by atomic mass is 9.88. The minimum absolute atomic E-state index is 0.201. The van der Waals surface area contributed by atoms with Gasteiger partial charge in [0.2, 0.25) is 0 Å². The normalized spacial score (nSPS) is 10.7. The molecule has 2 N–H and O–H groups in total. The van der Waals surface area contributed by atoms with Gasteiger partial charge in [0.25, 0.3) is 40.5 Å². The summed E-state index contributed by atoms with van der Waals surface area (Å²) in [7, 11) is -8.31. The fourth-order valence-corrected chi connectivity index (χ4v) is 12.9. The Morgan fingerprint density at radius 3 is 0.720 bits per heavy atom. The summed E-state index contributed by atoms with van der Waals surface area (Å²) in [6.45, 7) is 26.7. The molecule has 0 saturated heterocycles. The first kappa shape index (κ1) is 96.1. The highest BCUT2D eigenvalue weighted by Gasteiger charge is 2.18. The number of benzene rings is 10. The predicted octanol–water partition coefficient (Wildman–Crippen LogP) is 20.2. The largest absolute Gasteiger partial charge is 0.286 e. The van der Waals surface area contributed by atoms with Gasteiger partial charge in [0.15, 0.2) is 0 Å². The minimum Gasteiger partial charge on any atom is -0.286 e. The smallest absolute Gasteiger partial charge is 0.264 e. The lowest BCUT2D eigenvalue weighted by Crippen LogP contribution is -1.99. The Morgan fingerprint density at radius 1 is 0.290 bits per heavy atom. The van der Waals surface area contributed by atoms with Gasteiger partial charge in [-0.2, -0.15) is 33.7 Å². The van der Waals surface area contributed by atoms with E-state index in [0.29, 0.717) is 0 Å². The van der Waals surface area contributed by atoms with Gasteiger partial charge in [0.05, 0.1) is 38.2 Å². The SMILES string of the molecule is CC.CC.CC.CC.CC.CC.CCS(=O)(=O)O.CCS(=O)(=O)O.COS(C)(=O)=O.COS(C)(=O)=O.c1ccc(PCc2ccc3ccccc3c2-c2c(CPc3ccccc3)ccc3ccccc23)cc1.c1ccc(PCc2ccccc2-c2ccccc2CPc2ccccc2)cc1. The van der Waals surface area contributed by atoms with Crippen molar-refractivity contribution >= 4 is 118 Å². The van der Waals surface area contributed by atoms with E-state index in [0.717, 1.165) is 85.7 Å². The second-order valence-corrected chi connectivity index (χ2v) is 31.4. The van der Waals surface area contributed by atoms with Gasteiger partial charge in [0.1, 0.15) is 0 Å². The van der Waals surface area contributed by atoms with Crippen LogP contribution in [0.1, 0.15) is 119 Å². The topological polar surface area (TPSA) is 195 Å². The molecule has 0 heterocycles. The van der Waals surface area contributed by atoms with Crippen molar-refractivity contribution in [1.29, 1.82) is 0 Å². The van der Waals surface area contributed by atoms with Crippen molar-refractivity contribution in [2.24, 2.45) is 0 Å². The molecule has 20 heteroatoms. The van der Waals surface area contributed by atoms with Gasteiger partial charge in [-0.3, -0.25) is 17.5 Å². The molecular weight excluding hydrogens is 1410 g/mol. The first-order chi connectivity index (χ1) is 48.0. The number of fused-ring (bicyclic) bond motifs is 2. The summed E-state index contributed by atoms with van der Waals surface area (Å²) in [5, 5.41) is 11.0. The summed E-state index contributed by atoms with van der Waals surface area (Å²) in [5.41, 5.74) is 11.4. The van der Waals surface area contributed by atoms with Crippen LogP contribution in [0.25, 0.3) is 43.8 Å². The Morgan fingerprint density at radius 2 is 0.490 bits per heavy atom. The third-order valence-electron chi connectivity index (χ3n) is 13.0. The van der Waals surface area contributed by atoms with Crippen molar-refractivity contribution in [2.45, 2.75) is 122 Å². The molecule has 0 saturated carbocycles. The Balaban J connectivity index is 0. The Hall–Kier alpha value is -5.92. The van der Waals surface area contributed by atoms with E-state index in [1.54, 1.807) is 0 Å². The molecule has 10 aromatic carbocycles. The maximum atomic E-state index is 9.78. The zero-order chi connectivity index (χ0) is 76.0. The molecule has 548 valence electrons. The maximum absolute atomic E-state index is 9.78. The molecule has 0 amide bonds. The summed E-state index contributed by atoms with van der Waals surface area (Å²) in [4.78, 5) is 0. The van der Waals surface area contributed by atoms with E-state index < -0.39 is 40.5 Å². The van der Waals surface area contributed by atoms with Crippen LogP contribution in [0.3, 0.4) is 0 Å². The monoisotopic (exact) mass is 1520 g/mol. The van der Waals surface area contributed by atoms with E-state index in [2.05, 4.69) is 251 Å². The highest BCUT2D eigenvalue weighted by molar-refractivity contribution is 7.86. The molecule has 4 atom stereocenters. The Bertz CT molecular complexity index is 3880. The van der Waals surface area contributed by atoms with Crippen molar-refractivity contribution in [3.05, 3.63) is 265 Å². The summed E-state index contributed by atoms with van der Waals surface area (Å²) < 4.78 is 101. The van der Waals surface area contributed by atoms with E-state index in [4.69, 9.17) is 9.11 Å². The Kier molecular flexibility index (Phi) is 54.4. The molecule has 0 fully saturated rings. The molecule has 0 aliphatic carbocycles. The van der Waals surface area contributed by atoms with Crippen LogP contribution >= 0.6 is 34.3 Å². The summed E-state index contributed by atoms with van der Waals surface area (Å²) in [6.07, 6.45) is 6.27. The van der Waals surface area contributed by atoms with Gasteiger partial charge in [-0.1, -0.05) is 360 Å². The lowest BCUT2D eigenvalue weighted by molar-refractivity contribution is 0.402. The van der Waals surface area contributed by atoms with E-state index in [1.807, 2.05) is 83.1 Å². The average Bonchev–Trinajstić information content (AvgIpc) is 0.756. The molecule has 12 nitrogen and oxygen atoms in total. The first-order valence-electron chi connectivity index (χ1n) is 33.8. The molecular formula is C80H112O12P4S4. The van der Waals surface area contributed by atoms with Gasteiger partial charge < -0.3 is 0 Å². The predicted molar refractivity (Wildman–Crippen MR) is 447 cm³/mol. The van der Waals surface area contributed by atoms with Crippen molar-refractivity contribution in [2.75, 3.05) is 38.2 Å². The van der Waals surface area contributed by atoms with Gasteiger partial charge in [-0.05, 0) is 126 Å².